The van der Waals surface area contributed by atoms with Crippen LogP contribution in [0.15, 0.2) is 12.1 Å². The Morgan fingerprint density at radius 1 is 1.05 bits per heavy atom. The van der Waals surface area contributed by atoms with Crippen LogP contribution in [0.2, 0.25) is 0 Å². The summed E-state index contributed by atoms with van der Waals surface area (Å²) < 4.78 is 0. The number of aromatic hydroxyl groups is 1. The lowest BCUT2D eigenvalue weighted by atomic mass is 10.0. The molecule has 0 amide bonds. The Labute approximate surface area is 117 Å². The maximum Gasteiger partial charge on any atom is 0.121 e. The molecule has 1 aromatic rings. The summed E-state index contributed by atoms with van der Waals surface area (Å²) in [7, 11) is 0. The molecule has 0 aromatic heterocycles. The minimum atomic E-state index is 0.424. The lowest BCUT2D eigenvalue weighted by Gasteiger charge is -2.10. The molecular formula is C17H27NO. The van der Waals surface area contributed by atoms with E-state index in [9.17, 15) is 5.11 Å². The second-order valence-corrected chi connectivity index (χ2v) is 7.21. The molecule has 0 saturated heterocycles. The molecule has 2 heteroatoms. The number of rotatable bonds is 4. The van der Waals surface area contributed by atoms with E-state index in [1.807, 2.05) is 13.8 Å². The van der Waals surface area contributed by atoms with E-state index < -0.39 is 0 Å². The fraction of sp³-hybridized carbons (Fsp3) is 0.647. The molecule has 1 aliphatic rings. The van der Waals surface area contributed by atoms with E-state index in [-0.39, 0.29) is 0 Å². The van der Waals surface area contributed by atoms with Gasteiger partial charge in [-0.25, -0.2) is 0 Å². The van der Waals surface area contributed by atoms with Crippen molar-refractivity contribution in [2.45, 2.75) is 48.1 Å². The van der Waals surface area contributed by atoms with Gasteiger partial charge in [-0.3, -0.25) is 0 Å². The largest absolute Gasteiger partial charge is 0.507 e. The molecule has 0 unspecified atom stereocenters. The van der Waals surface area contributed by atoms with Crippen LogP contribution in [-0.2, 0) is 6.54 Å². The minimum Gasteiger partial charge on any atom is -0.507 e. The molecule has 0 atom stereocenters. The summed E-state index contributed by atoms with van der Waals surface area (Å²) in [5.74, 6) is 1.17. The maximum absolute atomic E-state index is 9.77. The van der Waals surface area contributed by atoms with E-state index in [1.165, 1.54) is 5.56 Å². The van der Waals surface area contributed by atoms with Crippen molar-refractivity contribution in [2.24, 2.45) is 16.7 Å². The van der Waals surface area contributed by atoms with Gasteiger partial charge in [0.15, 0.2) is 0 Å². The van der Waals surface area contributed by atoms with E-state index in [4.69, 9.17) is 0 Å². The Kier molecular flexibility index (Phi) is 3.42. The maximum atomic E-state index is 9.77. The molecule has 1 aliphatic carbocycles. The number of benzene rings is 1. The molecule has 0 radical (unpaired) electrons. The molecule has 2 nitrogen and oxygen atoms in total. The Morgan fingerprint density at radius 2 is 1.53 bits per heavy atom. The molecule has 1 aromatic carbocycles. The van der Waals surface area contributed by atoms with Crippen LogP contribution in [0.1, 0.15) is 44.4 Å². The molecule has 0 aliphatic heterocycles. The number of hydrogen-bond acceptors (Lipinski definition) is 2. The monoisotopic (exact) mass is 261 g/mol. The first-order chi connectivity index (χ1) is 8.68. The van der Waals surface area contributed by atoms with Crippen LogP contribution in [0.25, 0.3) is 0 Å². The average molecular weight is 261 g/mol. The first-order valence-corrected chi connectivity index (χ1v) is 7.17. The van der Waals surface area contributed by atoms with Crippen molar-refractivity contribution in [1.29, 1.82) is 0 Å². The van der Waals surface area contributed by atoms with Crippen LogP contribution < -0.4 is 5.32 Å². The minimum absolute atomic E-state index is 0.424. The third-order valence-electron chi connectivity index (χ3n) is 5.55. The molecule has 0 spiro atoms. The third-order valence-corrected chi connectivity index (χ3v) is 5.55. The van der Waals surface area contributed by atoms with Crippen LogP contribution in [0.5, 0.6) is 5.75 Å². The molecule has 106 valence electrons. The van der Waals surface area contributed by atoms with Gasteiger partial charge in [0.1, 0.15) is 5.75 Å². The van der Waals surface area contributed by atoms with Crippen LogP contribution in [0.4, 0.5) is 0 Å². The Bertz CT molecular complexity index is 451. The van der Waals surface area contributed by atoms with Gasteiger partial charge in [0.25, 0.3) is 0 Å². The number of aryl methyl sites for hydroxylation is 2. The summed E-state index contributed by atoms with van der Waals surface area (Å²) in [4.78, 5) is 0. The van der Waals surface area contributed by atoms with Crippen molar-refractivity contribution < 1.29 is 5.11 Å². The van der Waals surface area contributed by atoms with Crippen molar-refractivity contribution in [3.05, 3.63) is 28.8 Å². The second-order valence-electron chi connectivity index (χ2n) is 7.21. The summed E-state index contributed by atoms with van der Waals surface area (Å²) in [5.41, 5.74) is 4.07. The van der Waals surface area contributed by atoms with Crippen LogP contribution >= 0.6 is 0 Å². The number of hydrogen-bond donors (Lipinski definition) is 2. The highest BCUT2D eigenvalue weighted by molar-refractivity contribution is 5.42. The van der Waals surface area contributed by atoms with Crippen LogP contribution in [0, 0.1) is 30.6 Å². The van der Waals surface area contributed by atoms with Gasteiger partial charge < -0.3 is 10.4 Å². The van der Waals surface area contributed by atoms with Gasteiger partial charge in [-0.1, -0.05) is 39.8 Å². The van der Waals surface area contributed by atoms with Gasteiger partial charge >= 0.3 is 0 Å². The number of nitrogens with one attached hydrogen (secondary N) is 1. The Hall–Kier alpha value is -1.02. The Balaban J connectivity index is 1.91. The van der Waals surface area contributed by atoms with Gasteiger partial charge in [-0.2, -0.15) is 0 Å². The highest BCUT2D eigenvalue weighted by atomic mass is 16.3. The van der Waals surface area contributed by atoms with E-state index in [1.54, 1.807) is 0 Å². The van der Waals surface area contributed by atoms with Crippen molar-refractivity contribution in [1.82, 2.24) is 5.32 Å². The first-order valence-electron chi connectivity index (χ1n) is 7.17. The lowest BCUT2D eigenvalue weighted by molar-refractivity contribution is 0.457. The van der Waals surface area contributed by atoms with Gasteiger partial charge in [0.2, 0.25) is 0 Å². The first kappa shape index (κ1) is 14.4. The number of phenolic OH excluding ortho intramolecular Hbond substituents is 1. The van der Waals surface area contributed by atoms with Gasteiger partial charge in [-0.05, 0) is 53.8 Å². The summed E-state index contributed by atoms with van der Waals surface area (Å²) in [6.07, 6.45) is 0. The van der Waals surface area contributed by atoms with Crippen LogP contribution in [-0.4, -0.2) is 11.7 Å². The molecule has 19 heavy (non-hydrogen) atoms. The van der Waals surface area contributed by atoms with E-state index >= 15 is 0 Å². The molecular weight excluding hydrogens is 234 g/mol. The zero-order valence-corrected chi connectivity index (χ0v) is 13.1. The third kappa shape index (κ3) is 2.38. The quantitative estimate of drug-likeness (QED) is 0.864. The fourth-order valence-corrected chi connectivity index (χ4v) is 3.35. The van der Waals surface area contributed by atoms with Gasteiger partial charge in [0, 0.05) is 6.54 Å². The van der Waals surface area contributed by atoms with E-state index in [0.717, 1.165) is 30.1 Å². The SMILES string of the molecule is Cc1cc(CNCC2C(C)(C)C2(C)C)cc(C)c1O. The molecule has 2 N–H and O–H groups in total. The van der Waals surface area contributed by atoms with Crippen molar-refractivity contribution in [3.63, 3.8) is 0 Å². The van der Waals surface area contributed by atoms with Crippen molar-refractivity contribution in [2.75, 3.05) is 6.54 Å². The Morgan fingerprint density at radius 3 is 1.95 bits per heavy atom. The predicted molar refractivity (Wildman–Crippen MR) is 80.3 cm³/mol. The second kappa shape index (κ2) is 4.52. The van der Waals surface area contributed by atoms with Crippen molar-refractivity contribution >= 4 is 0 Å². The molecule has 0 bridgehead atoms. The zero-order valence-electron chi connectivity index (χ0n) is 13.1. The topological polar surface area (TPSA) is 32.3 Å². The van der Waals surface area contributed by atoms with Gasteiger partial charge in [0.05, 0.1) is 0 Å². The summed E-state index contributed by atoms with van der Waals surface area (Å²) in [6, 6.07) is 4.14. The van der Waals surface area contributed by atoms with E-state index in [0.29, 0.717) is 16.6 Å². The molecule has 1 fully saturated rings. The number of phenols is 1. The summed E-state index contributed by atoms with van der Waals surface area (Å²) >= 11 is 0. The standard InChI is InChI=1S/C17H27NO/c1-11-7-13(8-12(2)15(11)19)9-18-10-14-16(3,4)17(14,5)6/h7-8,14,18-19H,9-10H2,1-6H3. The summed E-state index contributed by atoms with van der Waals surface area (Å²) in [5, 5.41) is 13.3. The smallest absolute Gasteiger partial charge is 0.121 e. The molecule has 1 saturated carbocycles. The molecule has 0 heterocycles. The highest BCUT2D eigenvalue weighted by Crippen LogP contribution is 2.67. The predicted octanol–water partition coefficient (Wildman–Crippen LogP) is 3.78. The van der Waals surface area contributed by atoms with Crippen LogP contribution in [0.3, 0.4) is 0 Å². The fourth-order valence-electron chi connectivity index (χ4n) is 3.35. The van der Waals surface area contributed by atoms with Gasteiger partial charge in [-0.15, -0.1) is 0 Å². The van der Waals surface area contributed by atoms with Crippen molar-refractivity contribution in [3.8, 4) is 5.75 Å². The average Bonchev–Trinajstić information content (AvgIpc) is 2.68. The lowest BCUT2D eigenvalue weighted by Crippen LogP contribution is -2.19. The highest BCUT2D eigenvalue weighted by Gasteiger charge is 2.63. The van der Waals surface area contributed by atoms with E-state index in [2.05, 4.69) is 45.1 Å². The molecule has 2 rings (SSSR count). The normalized spacial score (nSPS) is 20.5. The zero-order chi connectivity index (χ0) is 14.4. The summed E-state index contributed by atoms with van der Waals surface area (Å²) in [6.45, 7) is 15.3.